The summed E-state index contributed by atoms with van der Waals surface area (Å²) in [4.78, 5) is 0. The molecule has 0 saturated heterocycles. The van der Waals surface area contributed by atoms with Gasteiger partial charge in [-0.25, -0.2) is 0 Å². The third-order valence-corrected chi connectivity index (χ3v) is 11.0. The van der Waals surface area contributed by atoms with Gasteiger partial charge in [-0.15, -0.1) is 0 Å². The van der Waals surface area contributed by atoms with Crippen LogP contribution in [0.3, 0.4) is 0 Å². The van der Waals surface area contributed by atoms with E-state index in [0.717, 1.165) is 48.3 Å². The van der Waals surface area contributed by atoms with E-state index in [1.165, 1.54) is 64.2 Å². The minimum Gasteiger partial charge on any atom is -0.393 e. The van der Waals surface area contributed by atoms with Gasteiger partial charge in [0.25, 0.3) is 0 Å². The van der Waals surface area contributed by atoms with Crippen molar-refractivity contribution in [3.63, 3.8) is 0 Å². The topological polar surface area (TPSA) is 20.2 Å². The molecule has 168 valence electrons. The Morgan fingerprint density at radius 2 is 1.59 bits per heavy atom. The molecular formula is C28H50O. The summed E-state index contributed by atoms with van der Waals surface area (Å²) in [5, 5.41) is 10.3. The summed E-state index contributed by atoms with van der Waals surface area (Å²) in [6, 6.07) is 0. The van der Waals surface area contributed by atoms with E-state index >= 15 is 0 Å². The van der Waals surface area contributed by atoms with Crippen molar-refractivity contribution in [2.75, 3.05) is 0 Å². The zero-order valence-corrected chi connectivity index (χ0v) is 20.5. The van der Waals surface area contributed by atoms with Gasteiger partial charge in [-0.2, -0.15) is 0 Å². The molecule has 0 amide bonds. The summed E-state index contributed by atoms with van der Waals surface area (Å²) in [7, 11) is 0. The predicted octanol–water partition coefficient (Wildman–Crippen LogP) is 7.86. The van der Waals surface area contributed by atoms with E-state index in [4.69, 9.17) is 0 Å². The van der Waals surface area contributed by atoms with Crippen LogP contribution in [0, 0.1) is 51.8 Å². The van der Waals surface area contributed by atoms with Gasteiger partial charge < -0.3 is 5.11 Å². The van der Waals surface area contributed by atoms with Gasteiger partial charge in [0.05, 0.1) is 6.10 Å². The van der Waals surface area contributed by atoms with Crippen molar-refractivity contribution >= 4 is 0 Å². The van der Waals surface area contributed by atoms with Crippen LogP contribution in [0.5, 0.6) is 0 Å². The lowest BCUT2D eigenvalue weighted by Crippen LogP contribution is -2.54. The molecule has 4 rings (SSSR count). The van der Waals surface area contributed by atoms with Crippen LogP contribution in [-0.4, -0.2) is 11.2 Å². The minimum atomic E-state index is -0.0108. The third kappa shape index (κ3) is 3.96. The fourth-order valence-electron chi connectivity index (χ4n) is 9.37. The first-order chi connectivity index (χ1) is 13.5. The first-order valence-electron chi connectivity index (χ1n) is 13.2. The molecule has 29 heavy (non-hydrogen) atoms. The Morgan fingerprint density at radius 1 is 0.897 bits per heavy atom. The lowest BCUT2D eigenvalue weighted by Gasteiger charge is -2.61. The lowest BCUT2D eigenvalue weighted by atomic mass is 9.44. The van der Waals surface area contributed by atoms with Crippen LogP contribution in [0.15, 0.2) is 0 Å². The van der Waals surface area contributed by atoms with Gasteiger partial charge in [0.1, 0.15) is 0 Å². The maximum atomic E-state index is 10.3. The van der Waals surface area contributed by atoms with Gasteiger partial charge >= 0.3 is 0 Å². The zero-order chi connectivity index (χ0) is 21.0. The number of fused-ring (bicyclic) bond motifs is 5. The molecule has 4 aliphatic rings. The number of hydrogen-bond donors (Lipinski definition) is 1. The van der Waals surface area contributed by atoms with Crippen LogP contribution in [0.2, 0.25) is 0 Å². The molecular weight excluding hydrogens is 352 g/mol. The summed E-state index contributed by atoms with van der Waals surface area (Å²) in [5.74, 6) is 5.58. The van der Waals surface area contributed by atoms with E-state index in [2.05, 4.69) is 41.5 Å². The summed E-state index contributed by atoms with van der Waals surface area (Å²) in [6.07, 6.45) is 16.5. The molecule has 0 spiro atoms. The second-order valence-corrected chi connectivity index (χ2v) is 13.7. The SMILES string of the molecule is C[C@H](CCCC(C)(C)C)[C@H]1CC[C@H]2[C@@H]3CC[C@@H]4C[C@@H](O)CC[C@]4(C)[C@H]3CC[C@]12C. The van der Waals surface area contributed by atoms with Gasteiger partial charge in [0, 0.05) is 0 Å². The molecule has 1 heteroatoms. The maximum Gasteiger partial charge on any atom is 0.0543 e. The van der Waals surface area contributed by atoms with Gasteiger partial charge in [-0.05, 0) is 116 Å². The normalized spacial score (nSPS) is 48.5. The van der Waals surface area contributed by atoms with E-state index in [9.17, 15) is 5.11 Å². The molecule has 9 atom stereocenters. The highest BCUT2D eigenvalue weighted by molar-refractivity contribution is 5.09. The van der Waals surface area contributed by atoms with Crippen LogP contribution in [-0.2, 0) is 0 Å². The second-order valence-electron chi connectivity index (χ2n) is 13.7. The molecule has 0 unspecified atom stereocenters. The Labute approximate surface area is 181 Å². The number of aliphatic hydroxyl groups is 1. The average Bonchev–Trinajstić information content (AvgIpc) is 2.98. The van der Waals surface area contributed by atoms with E-state index in [1.807, 2.05) is 0 Å². The predicted molar refractivity (Wildman–Crippen MR) is 124 cm³/mol. The van der Waals surface area contributed by atoms with Crippen LogP contribution in [0.25, 0.3) is 0 Å². The van der Waals surface area contributed by atoms with Gasteiger partial charge in [-0.1, -0.05) is 54.4 Å². The third-order valence-electron chi connectivity index (χ3n) is 11.0. The summed E-state index contributed by atoms with van der Waals surface area (Å²) in [5.41, 5.74) is 1.63. The molecule has 0 radical (unpaired) electrons. The molecule has 1 nitrogen and oxygen atoms in total. The van der Waals surface area contributed by atoms with E-state index in [1.54, 1.807) is 0 Å². The highest BCUT2D eigenvalue weighted by atomic mass is 16.3. The van der Waals surface area contributed by atoms with Crippen molar-refractivity contribution in [3.05, 3.63) is 0 Å². The van der Waals surface area contributed by atoms with Crippen molar-refractivity contribution < 1.29 is 5.11 Å². The summed E-state index contributed by atoms with van der Waals surface area (Å²) >= 11 is 0. The Morgan fingerprint density at radius 3 is 2.31 bits per heavy atom. The number of aliphatic hydroxyl groups excluding tert-OH is 1. The van der Waals surface area contributed by atoms with Gasteiger partial charge in [0.2, 0.25) is 0 Å². The second kappa shape index (κ2) is 7.83. The number of rotatable bonds is 4. The standard InChI is InChI=1S/C28H50O/c1-19(8-7-15-26(2,3)4)23-11-12-24-22-10-9-20-18-21(29)13-16-27(20,5)25(22)14-17-28(23,24)6/h19-25,29H,7-18H2,1-6H3/t19-,20-,21+,22+,23-,24+,25+,27+,28-/m1/s1. The molecule has 0 aromatic rings. The number of hydrogen-bond acceptors (Lipinski definition) is 1. The van der Waals surface area contributed by atoms with E-state index in [-0.39, 0.29) is 6.10 Å². The van der Waals surface area contributed by atoms with Crippen molar-refractivity contribution in [1.29, 1.82) is 0 Å². The van der Waals surface area contributed by atoms with Crippen molar-refractivity contribution in [2.45, 2.75) is 125 Å². The van der Waals surface area contributed by atoms with Crippen LogP contribution >= 0.6 is 0 Å². The zero-order valence-electron chi connectivity index (χ0n) is 20.5. The summed E-state index contributed by atoms with van der Waals surface area (Å²) < 4.78 is 0. The Bertz CT molecular complexity index is 575. The highest BCUT2D eigenvalue weighted by Crippen LogP contribution is 2.68. The molecule has 0 aliphatic heterocycles. The van der Waals surface area contributed by atoms with E-state index in [0.29, 0.717) is 16.2 Å². The lowest BCUT2D eigenvalue weighted by molar-refractivity contribution is -0.129. The molecule has 4 fully saturated rings. The van der Waals surface area contributed by atoms with Crippen molar-refractivity contribution in [3.8, 4) is 0 Å². The average molecular weight is 403 g/mol. The first kappa shape index (κ1) is 22.2. The molecule has 1 N–H and O–H groups in total. The molecule has 0 aromatic heterocycles. The fourth-order valence-corrected chi connectivity index (χ4v) is 9.37. The Hall–Kier alpha value is -0.0400. The molecule has 4 aliphatic carbocycles. The molecule has 0 heterocycles. The van der Waals surface area contributed by atoms with Crippen molar-refractivity contribution in [1.82, 2.24) is 0 Å². The van der Waals surface area contributed by atoms with E-state index < -0.39 is 0 Å². The molecule has 4 saturated carbocycles. The van der Waals surface area contributed by atoms with Crippen LogP contribution < -0.4 is 0 Å². The fraction of sp³-hybridized carbons (Fsp3) is 1.00. The first-order valence-corrected chi connectivity index (χ1v) is 13.2. The molecule has 0 bridgehead atoms. The monoisotopic (exact) mass is 402 g/mol. The van der Waals surface area contributed by atoms with Crippen LogP contribution in [0.4, 0.5) is 0 Å². The van der Waals surface area contributed by atoms with Gasteiger partial charge in [-0.3, -0.25) is 0 Å². The Kier molecular flexibility index (Phi) is 5.98. The quantitative estimate of drug-likeness (QED) is 0.507. The Balaban J connectivity index is 1.44. The summed E-state index contributed by atoms with van der Waals surface area (Å²) in [6.45, 7) is 15.1. The van der Waals surface area contributed by atoms with Crippen LogP contribution in [0.1, 0.15) is 119 Å². The highest BCUT2D eigenvalue weighted by Gasteiger charge is 2.60. The minimum absolute atomic E-state index is 0.0108. The maximum absolute atomic E-state index is 10.3. The largest absolute Gasteiger partial charge is 0.393 e. The molecule has 0 aromatic carbocycles. The smallest absolute Gasteiger partial charge is 0.0543 e. The van der Waals surface area contributed by atoms with Gasteiger partial charge in [0.15, 0.2) is 0 Å². The van der Waals surface area contributed by atoms with Crippen molar-refractivity contribution in [2.24, 2.45) is 51.8 Å².